The molecule has 116 valence electrons. The lowest BCUT2D eigenvalue weighted by Crippen LogP contribution is -2.60. The van der Waals surface area contributed by atoms with Gasteiger partial charge in [0.05, 0.1) is 12.5 Å². The van der Waals surface area contributed by atoms with E-state index in [1.807, 2.05) is 31.2 Å². The van der Waals surface area contributed by atoms with Crippen molar-refractivity contribution in [2.24, 2.45) is 5.41 Å². The number of carbonyl (C=O) groups is 1. The smallest absolute Gasteiger partial charge is 0.307 e. The Morgan fingerprint density at radius 1 is 1.33 bits per heavy atom. The number of rotatable bonds is 7. The number of carboxylic acid groups (broad SMARTS) is 1. The van der Waals surface area contributed by atoms with Crippen molar-refractivity contribution in [3.05, 3.63) is 35.4 Å². The van der Waals surface area contributed by atoms with E-state index in [1.54, 1.807) is 0 Å². The Bertz CT molecular complexity index is 481. The third-order valence-electron chi connectivity index (χ3n) is 4.48. The van der Waals surface area contributed by atoms with Gasteiger partial charge in [-0.2, -0.15) is 0 Å². The molecular weight excluding hydrogens is 266 g/mol. The van der Waals surface area contributed by atoms with Gasteiger partial charge in [0.1, 0.15) is 0 Å². The summed E-state index contributed by atoms with van der Waals surface area (Å²) in [7, 11) is 0. The summed E-state index contributed by atoms with van der Waals surface area (Å²) in [6.07, 6.45) is 1.48. The summed E-state index contributed by atoms with van der Waals surface area (Å²) < 4.78 is 5.73. The predicted molar refractivity (Wildman–Crippen MR) is 82.2 cm³/mol. The predicted octanol–water partition coefficient (Wildman–Crippen LogP) is 2.61. The second-order valence-corrected chi connectivity index (χ2v) is 6.32. The van der Waals surface area contributed by atoms with Gasteiger partial charge in [-0.05, 0) is 24.5 Å². The fourth-order valence-corrected chi connectivity index (χ4v) is 2.91. The SMILES string of the molecule is CCOC1CC(NCc2ccc(CC(=O)O)cc2)C1(C)C. The van der Waals surface area contributed by atoms with Gasteiger partial charge in [0.2, 0.25) is 0 Å². The van der Waals surface area contributed by atoms with E-state index in [9.17, 15) is 4.79 Å². The molecule has 0 radical (unpaired) electrons. The highest BCUT2D eigenvalue weighted by Crippen LogP contribution is 2.42. The number of benzene rings is 1. The Kier molecular flexibility index (Phi) is 5.01. The molecule has 0 aromatic heterocycles. The van der Waals surface area contributed by atoms with E-state index in [2.05, 4.69) is 19.2 Å². The summed E-state index contributed by atoms with van der Waals surface area (Å²) >= 11 is 0. The zero-order valence-corrected chi connectivity index (χ0v) is 13.1. The van der Waals surface area contributed by atoms with Crippen LogP contribution < -0.4 is 5.32 Å². The monoisotopic (exact) mass is 291 g/mol. The number of nitrogens with one attached hydrogen (secondary N) is 1. The van der Waals surface area contributed by atoms with E-state index < -0.39 is 5.97 Å². The largest absolute Gasteiger partial charge is 0.481 e. The number of carboxylic acids is 1. The molecule has 0 bridgehead atoms. The fourth-order valence-electron chi connectivity index (χ4n) is 2.91. The number of ether oxygens (including phenoxy) is 1. The fraction of sp³-hybridized carbons (Fsp3) is 0.588. The Labute approximate surface area is 126 Å². The van der Waals surface area contributed by atoms with Crippen LogP contribution in [0.25, 0.3) is 0 Å². The molecule has 1 aromatic rings. The first kappa shape index (κ1) is 16.0. The highest BCUT2D eigenvalue weighted by atomic mass is 16.5. The van der Waals surface area contributed by atoms with E-state index in [4.69, 9.17) is 9.84 Å². The molecule has 0 spiro atoms. The minimum absolute atomic E-state index is 0.0827. The third kappa shape index (κ3) is 3.83. The van der Waals surface area contributed by atoms with Gasteiger partial charge in [0.15, 0.2) is 0 Å². The normalized spacial score (nSPS) is 23.6. The van der Waals surface area contributed by atoms with Crippen LogP contribution in [0, 0.1) is 5.41 Å². The summed E-state index contributed by atoms with van der Waals surface area (Å²) in [5.41, 5.74) is 2.19. The maximum Gasteiger partial charge on any atom is 0.307 e. The van der Waals surface area contributed by atoms with Gasteiger partial charge in [-0.15, -0.1) is 0 Å². The van der Waals surface area contributed by atoms with Crippen molar-refractivity contribution < 1.29 is 14.6 Å². The molecule has 2 atom stereocenters. The minimum Gasteiger partial charge on any atom is -0.481 e. The molecule has 2 N–H and O–H groups in total. The zero-order valence-electron chi connectivity index (χ0n) is 13.1. The van der Waals surface area contributed by atoms with Crippen LogP contribution >= 0.6 is 0 Å². The van der Waals surface area contributed by atoms with Gasteiger partial charge in [-0.1, -0.05) is 38.1 Å². The van der Waals surface area contributed by atoms with Crippen molar-refractivity contribution in [3.8, 4) is 0 Å². The molecule has 2 unspecified atom stereocenters. The Hall–Kier alpha value is -1.39. The molecule has 1 aliphatic carbocycles. The summed E-state index contributed by atoms with van der Waals surface area (Å²) in [5.74, 6) is -0.793. The van der Waals surface area contributed by atoms with Gasteiger partial charge in [-0.3, -0.25) is 4.79 Å². The van der Waals surface area contributed by atoms with Crippen LogP contribution in [0.2, 0.25) is 0 Å². The topological polar surface area (TPSA) is 58.6 Å². The molecule has 1 fully saturated rings. The lowest BCUT2D eigenvalue weighted by atomic mass is 9.64. The Morgan fingerprint density at radius 3 is 2.48 bits per heavy atom. The second kappa shape index (κ2) is 6.58. The van der Waals surface area contributed by atoms with Crippen molar-refractivity contribution in [2.75, 3.05) is 6.61 Å². The van der Waals surface area contributed by atoms with Crippen molar-refractivity contribution in [1.82, 2.24) is 5.32 Å². The van der Waals surface area contributed by atoms with Crippen LogP contribution in [-0.2, 0) is 22.5 Å². The minimum atomic E-state index is -0.793. The van der Waals surface area contributed by atoms with Gasteiger partial charge in [0.25, 0.3) is 0 Å². The standard InChI is InChI=1S/C17H25NO3/c1-4-21-15-10-14(17(15,2)3)18-11-13-7-5-12(6-8-13)9-16(19)20/h5-8,14-15,18H,4,9-11H2,1-3H3,(H,19,20). The molecule has 0 aliphatic heterocycles. The lowest BCUT2D eigenvalue weighted by Gasteiger charge is -2.52. The van der Waals surface area contributed by atoms with E-state index >= 15 is 0 Å². The van der Waals surface area contributed by atoms with Crippen molar-refractivity contribution in [2.45, 2.75) is 52.3 Å². The highest BCUT2D eigenvalue weighted by molar-refractivity contribution is 5.70. The van der Waals surface area contributed by atoms with Gasteiger partial charge in [-0.25, -0.2) is 0 Å². The van der Waals surface area contributed by atoms with Crippen LogP contribution in [0.1, 0.15) is 38.3 Å². The van der Waals surface area contributed by atoms with Crippen LogP contribution in [-0.4, -0.2) is 29.8 Å². The summed E-state index contributed by atoms with van der Waals surface area (Å²) in [6.45, 7) is 8.09. The van der Waals surface area contributed by atoms with E-state index in [0.717, 1.165) is 25.1 Å². The van der Waals surface area contributed by atoms with Crippen LogP contribution in [0.4, 0.5) is 0 Å². The van der Waals surface area contributed by atoms with E-state index in [0.29, 0.717) is 12.1 Å². The number of aliphatic carboxylic acids is 1. The number of hydrogen-bond donors (Lipinski definition) is 2. The molecule has 1 aromatic carbocycles. The lowest BCUT2D eigenvalue weighted by molar-refractivity contribution is -0.136. The molecule has 1 saturated carbocycles. The molecule has 4 nitrogen and oxygen atoms in total. The van der Waals surface area contributed by atoms with Crippen LogP contribution in [0.15, 0.2) is 24.3 Å². The van der Waals surface area contributed by atoms with Crippen LogP contribution in [0.5, 0.6) is 0 Å². The summed E-state index contributed by atoms with van der Waals surface area (Å²) in [5, 5.41) is 12.3. The molecule has 0 heterocycles. The summed E-state index contributed by atoms with van der Waals surface area (Å²) in [6, 6.07) is 8.24. The molecule has 0 saturated heterocycles. The van der Waals surface area contributed by atoms with E-state index in [-0.39, 0.29) is 11.8 Å². The van der Waals surface area contributed by atoms with Crippen molar-refractivity contribution in [3.63, 3.8) is 0 Å². The van der Waals surface area contributed by atoms with Crippen molar-refractivity contribution in [1.29, 1.82) is 0 Å². The maximum atomic E-state index is 10.6. The third-order valence-corrected chi connectivity index (χ3v) is 4.48. The average Bonchev–Trinajstić information content (AvgIpc) is 2.43. The first-order chi connectivity index (χ1) is 9.93. The number of hydrogen-bond acceptors (Lipinski definition) is 3. The Morgan fingerprint density at radius 2 is 1.95 bits per heavy atom. The quantitative estimate of drug-likeness (QED) is 0.811. The first-order valence-electron chi connectivity index (χ1n) is 7.58. The highest BCUT2D eigenvalue weighted by Gasteiger charge is 2.48. The first-order valence-corrected chi connectivity index (χ1v) is 7.58. The summed E-state index contributed by atoms with van der Waals surface area (Å²) in [4.78, 5) is 10.6. The van der Waals surface area contributed by atoms with Gasteiger partial charge < -0.3 is 15.2 Å². The van der Waals surface area contributed by atoms with Crippen molar-refractivity contribution >= 4 is 5.97 Å². The Balaban J connectivity index is 1.83. The molecular formula is C17H25NO3. The molecule has 4 heteroatoms. The zero-order chi connectivity index (χ0) is 15.5. The maximum absolute atomic E-state index is 10.6. The molecule has 0 amide bonds. The van der Waals surface area contributed by atoms with Gasteiger partial charge in [0, 0.05) is 24.6 Å². The second-order valence-electron chi connectivity index (χ2n) is 6.32. The molecule has 1 aliphatic rings. The molecule has 21 heavy (non-hydrogen) atoms. The molecule has 2 rings (SSSR count). The average molecular weight is 291 g/mol. The van der Waals surface area contributed by atoms with Gasteiger partial charge >= 0.3 is 5.97 Å². The van der Waals surface area contributed by atoms with Crippen LogP contribution in [0.3, 0.4) is 0 Å². The van der Waals surface area contributed by atoms with E-state index in [1.165, 1.54) is 5.56 Å².